The number of halogens is 1. The number of thioether (sulfide) groups is 1. The quantitative estimate of drug-likeness (QED) is 0.294. The van der Waals surface area contributed by atoms with Crippen molar-refractivity contribution in [3.8, 4) is 0 Å². The molecular formula is C15H25FN2S. The van der Waals surface area contributed by atoms with Gasteiger partial charge >= 0.3 is 0 Å². The van der Waals surface area contributed by atoms with Gasteiger partial charge in [0.1, 0.15) is 5.82 Å². The molecule has 0 amide bonds. The van der Waals surface area contributed by atoms with Gasteiger partial charge in [-0.3, -0.25) is 11.3 Å². The molecule has 0 saturated heterocycles. The molecule has 108 valence electrons. The van der Waals surface area contributed by atoms with Crippen molar-refractivity contribution >= 4 is 11.8 Å². The first kappa shape index (κ1) is 16.5. The topological polar surface area (TPSA) is 38.0 Å². The Morgan fingerprint density at radius 3 is 2.63 bits per heavy atom. The van der Waals surface area contributed by atoms with Crippen LogP contribution in [0.2, 0.25) is 0 Å². The Kier molecular flexibility index (Phi) is 8.88. The van der Waals surface area contributed by atoms with Crippen molar-refractivity contribution in [2.75, 3.05) is 5.75 Å². The van der Waals surface area contributed by atoms with Gasteiger partial charge in [-0.15, -0.1) is 11.8 Å². The molecule has 0 aliphatic rings. The van der Waals surface area contributed by atoms with E-state index in [0.717, 1.165) is 12.2 Å². The lowest BCUT2D eigenvalue weighted by Crippen LogP contribution is -2.36. The highest BCUT2D eigenvalue weighted by Gasteiger charge is 2.09. The molecule has 4 heteroatoms. The summed E-state index contributed by atoms with van der Waals surface area (Å²) in [5.41, 5.74) is 2.84. The molecule has 1 rings (SSSR count). The van der Waals surface area contributed by atoms with Crippen molar-refractivity contribution in [1.82, 2.24) is 5.43 Å². The summed E-state index contributed by atoms with van der Waals surface area (Å²) >= 11 is 1.53. The lowest BCUT2D eigenvalue weighted by atomic mass is 10.1. The fourth-order valence-electron chi connectivity index (χ4n) is 1.96. The summed E-state index contributed by atoms with van der Waals surface area (Å²) in [6.45, 7) is 2.22. The van der Waals surface area contributed by atoms with Crippen LogP contribution in [0.4, 0.5) is 4.39 Å². The second-order valence-corrected chi connectivity index (χ2v) is 5.87. The normalized spacial score (nSPS) is 12.6. The summed E-state index contributed by atoms with van der Waals surface area (Å²) in [4.78, 5) is 0.703. The van der Waals surface area contributed by atoms with E-state index in [2.05, 4.69) is 12.3 Å². The van der Waals surface area contributed by atoms with E-state index in [-0.39, 0.29) is 11.9 Å². The van der Waals surface area contributed by atoms with Crippen LogP contribution in [0.3, 0.4) is 0 Å². The van der Waals surface area contributed by atoms with Gasteiger partial charge in [0.2, 0.25) is 0 Å². The van der Waals surface area contributed by atoms with Crippen molar-refractivity contribution < 1.29 is 4.39 Å². The number of hydrazine groups is 1. The Hall–Kier alpha value is -0.580. The average molecular weight is 284 g/mol. The van der Waals surface area contributed by atoms with Crippen LogP contribution in [0.25, 0.3) is 0 Å². The van der Waals surface area contributed by atoms with Crippen LogP contribution in [-0.2, 0) is 0 Å². The Labute approximate surface area is 120 Å². The minimum atomic E-state index is -0.147. The van der Waals surface area contributed by atoms with Crippen molar-refractivity contribution in [3.63, 3.8) is 0 Å². The molecular weight excluding hydrogens is 259 g/mol. The fourth-order valence-corrected chi connectivity index (χ4v) is 2.99. The molecule has 1 atom stereocenters. The van der Waals surface area contributed by atoms with E-state index in [9.17, 15) is 4.39 Å². The smallest absolute Gasteiger partial charge is 0.136 e. The highest BCUT2D eigenvalue weighted by molar-refractivity contribution is 7.99. The minimum Gasteiger partial charge on any atom is -0.271 e. The molecule has 0 aliphatic carbocycles. The minimum absolute atomic E-state index is 0.147. The van der Waals surface area contributed by atoms with Gasteiger partial charge in [0.15, 0.2) is 0 Å². The number of hydrogen-bond donors (Lipinski definition) is 2. The lowest BCUT2D eigenvalue weighted by molar-refractivity contribution is 0.496. The fraction of sp³-hybridized carbons (Fsp3) is 0.600. The first-order valence-electron chi connectivity index (χ1n) is 7.11. The Balaban J connectivity index is 2.23. The van der Waals surface area contributed by atoms with Crippen molar-refractivity contribution in [1.29, 1.82) is 0 Å². The van der Waals surface area contributed by atoms with Gasteiger partial charge in [-0.25, -0.2) is 4.39 Å². The van der Waals surface area contributed by atoms with Crippen LogP contribution >= 0.6 is 11.8 Å². The highest BCUT2D eigenvalue weighted by atomic mass is 32.2. The average Bonchev–Trinajstić information content (AvgIpc) is 2.43. The van der Waals surface area contributed by atoms with E-state index in [1.807, 2.05) is 12.1 Å². The zero-order chi connectivity index (χ0) is 13.9. The van der Waals surface area contributed by atoms with Crippen LogP contribution in [0.15, 0.2) is 29.2 Å². The van der Waals surface area contributed by atoms with E-state index < -0.39 is 0 Å². The molecule has 1 unspecified atom stereocenters. The maximum atomic E-state index is 13.5. The van der Waals surface area contributed by atoms with Gasteiger partial charge < -0.3 is 0 Å². The van der Waals surface area contributed by atoms with Gasteiger partial charge in [-0.2, -0.15) is 0 Å². The number of nitrogens with one attached hydrogen (secondary N) is 1. The van der Waals surface area contributed by atoms with Gasteiger partial charge in [0.25, 0.3) is 0 Å². The van der Waals surface area contributed by atoms with E-state index >= 15 is 0 Å². The number of hydrogen-bond acceptors (Lipinski definition) is 3. The highest BCUT2D eigenvalue weighted by Crippen LogP contribution is 2.22. The molecule has 0 fully saturated rings. The zero-order valence-corrected chi connectivity index (χ0v) is 12.5. The molecule has 19 heavy (non-hydrogen) atoms. The molecule has 1 aromatic rings. The SMILES string of the molecule is CCCCCCCC(CSc1ccccc1F)NN. The van der Waals surface area contributed by atoms with E-state index in [0.29, 0.717) is 4.90 Å². The van der Waals surface area contributed by atoms with Gasteiger partial charge in [-0.1, -0.05) is 51.2 Å². The van der Waals surface area contributed by atoms with E-state index in [1.165, 1.54) is 49.9 Å². The summed E-state index contributed by atoms with van der Waals surface area (Å²) in [6, 6.07) is 7.14. The molecule has 0 aromatic heterocycles. The third-order valence-corrected chi connectivity index (χ3v) is 4.38. The molecule has 0 bridgehead atoms. The Morgan fingerprint density at radius 1 is 1.21 bits per heavy atom. The van der Waals surface area contributed by atoms with Crippen molar-refractivity contribution in [2.24, 2.45) is 5.84 Å². The molecule has 0 saturated carbocycles. The first-order chi connectivity index (χ1) is 9.27. The van der Waals surface area contributed by atoms with Crippen LogP contribution in [0, 0.1) is 5.82 Å². The number of nitrogens with two attached hydrogens (primary N) is 1. The standard InChI is InChI=1S/C15H25FN2S/c1-2-3-4-5-6-9-13(18-17)12-19-15-11-8-7-10-14(15)16/h7-8,10-11,13,18H,2-6,9,12,17H2,1H3. The van der Waals surface area contributed by atoms with Crippen molar-refractivity contribution in [2.45, 2.75) is 56.4 Å². The molecule has 1 aromatic carbocycles. The monoisotopic (exact) mass is 284 g/mol. The second kappa shape index (κ2) is 10.2. The van der Waals surface area contributed by atoms with Gasteiger partial charge in [0.05, 0.1) is 0 Å². The molecule has 0 aliphatic heterocycles. The maximum absolute atomic E-state index is 13.5. The van der Waals surface area contributed by atoms with Gasteiger partial charge in [-0.05, 0) is 18.6 Å². The largest absolute Gasteiger partial charge is 0.271 e. The van der Waals surface area contributed by atoms with Crippen LogP contribution in [0.1, 0.15) is 45.4 Å². The third kappa shape index (κ3) is 6.95. The number of rotatable bonds is 10. The number of unbranched alkanes of at least 4 members (excludes halogenated alkanes) is 4. The summed E-state index contributed by atoms with van der Waals surface area (Å²) in [6.07, 6.45) is 7.38. The Bertz CT molecular complexity index is 347. The molecule has 0 radical (unpaired) electrons. The summed E-state index contributed by atoms with van der Waals surface area (Å²) in [5.74, 6) is 6.22. The first-order valence-corrected chi connectivity index (χ1v) is 8.10. The van der Waals surface area contributed by atoms with Crippen LogP contribution in [-0.4, -0.2) is 11.8 Å². The Morgan fingerprint density at radius 2 is 1.95 bits per heavy atom. The van der Waals surface area contributed by atoms with Crippen LogP contribution < -0.4 is 11.3 Å². The summed E-state index contributed by atoms with van der Waals surface area (Å²) in [5, 5.41) is 0. The summed E-state index contributed by atoms with van der Waals surface area (Å²) in [7, 11) is 0. The van der Waals surface area contributed by atoms with Gasteiger partial charge in [0, 0.05) is 16.7 Å². The lowest BCUT2D eigenvalue weighted by Gasteiger charge is -2.15. The van der Waals surface area contributed by atoms with Crippen molar-refractivity contribution in [3.05, 3.63) is 30.1 Å². The zero-order valence-electron chi connectivity index (χ0n) is 11.7. The third-order valence-electron chi connectivity index (χ3n) is 3.17. The molecule has 2 nitrogen and oxygen atoms in total. The maximum Gasteiger partial charge on any atom is 0.136 e. The predicted octanol–water partition coefficient (Wildman–Crippen LogP) is 4.11. The second-order valence-electron chi connectivity index (χ2n) is 4.81. The predicted molar refractivity (Wildman–Crippen MR) is 81.6 cm³/mol. The summed E-state index contributed by atoms with van der Waals surface area (Å²) < 4.78 is 13.5. The van der Waals surface area contributed by atoms with E-state index in [1.54, 1.807) is 6.07 Å². The molecule has 0 spiro atoms. The van der Waals surface area contributed by atoms with Crippen LogP contribution in [0.5, 0.6) is 0 Å². The molecule has 3 N–H and O–H groups in total. The molecule has 0 heterocycles. The number of benzene rings is 1. The van der Waals surface area contributed by atoms with E-state index in [4.69, 9.17) is 5.84 Å².